The molecule has 4 rings (SSSR count). The Morgan fingerprint density at radius 2 is 1.78 bits per heavy atom. The third-order valence-electron chi connectivity index (χ3n) is 5.77. The van der Waals surface area contributed by atoms with Gasteiger partial charge in [-0.1, -0.05) is 31.2 Å². The van der Waals surface area contributed by atoms with Crippen molar-refractivity contribution in [3.8, 4) is 0 Å². The maximum atomic E-state index is 13.4. The molecule has 0 aliphatic carbocycles. The Bertz CT molecular complexity index is 1110. The Balaban J connectivity index is 1.60. The van der Waals surface area contributed by atoms with Gasteiger partial charge in [-0.2, -0.15) is 20.1 Å². The molecule has 1 fully saturated rings. The van der Waals surface area contributed by atoms with E-state index in [4.69, 9.17) is 0 Å². The van der Waals surface area contributed by atoms with Crippen LogP contribution in [0.3, 0.4) is 0 Å². The Labute approximate surface area is 187 Å². The first-order valence-electron chi connectivity index (χ1n) is 10.9. The Kier molecular flexibility index (Phi) is 6.58. The van der Waals surface area contributed by atoms with Crippen molar-refractivity contribution in [1.82, 2.24) is 15.0 Å². The van der Waals surface area contributed by atoms with Crippen LogP contribution in [0.1, 0.15) is 36.5 Å². The third-order valence-corrected chi connectivity index (χ3v) is 5.77. The molecule has 3 aromatic rings. The van der Waals surface area contributed by atoms with Crippen molar-refractivity contribution in [2.24, 2.45) is 11.0 Å². The van der Waals surface area contributed by atoms with E-state index in [0.29, 0.717) is 29.3 Å². The first-order chi connectivity index (χ1) is 15.5. The van der Waals surface area contributed by atoms with Gasteiger partial charge in [-0.05, 0) is 67.5 Å². The van der Waals surface area contributed by atoms with E-state index in [-0.39, 0.29) is 5.82 Å². The fourth-order valence-electron chi connectivity index (χ4n) is 3.58. The fourth-order valence-corrected chi connectivity index (χ4v) is 3.58. The van der Waals surface area contributed by atoms with Crippen molar-refractivity contribution in [3.05, 3.63) is 65.0 Å². The van der Waals surface area contributed by atoms with Gasteiger partial charge in [0.1, 0.15) is 5.82 Å². The number of rotatable bonds is 6. The molecule has 0 unspecified atom stereocenters. The van der Waals surface area contributed by atoms with Gasteiger partial charge >= 0.3 is 0 Å². The van der Waals surface area contributed by atoms with E-state index in [2.05, 4.69) is 62.5 Å². The summed E-state index contributed by atoms with van der Waals surface area (Å²) >= 11 is 0. The molecule has 0 spiro atoms. The normalized spacial score (nSPS) is 14.7. The maximum Gasteiger partial charge on any atom is 0.250 e. The summed E-state index contributed by atoms with van der Waals surface area (Å²) in [5, 5.41) is 7.52. The second-order valence-corrected chi connectivity index (χ2v) is 8.25. The van der Waals surface area contributed by atoms with Gasteiger partial charge in [0.15, 0.2) is 0 Å². The highest BCUT2D eigenvalue weighted by Gasteiger charge is 2.20. The number of piperidine rings is 1. The van der Waals surface area contributed by atoms with Crippen LogP contribution in [-0.2, 0) is 0 Å². The zero-order valence-electron chi connectivity index (χ0n) is 18.6. The summed E-state index contributed by atoms with van der Waals surface area (Å²) in [6, 6.07) is 12.3. The van der Waals surface area contributed by atoms with Crippen LogP contribution in [0.5, 0.6) is 0 Å². The van der Waals surface area contributed by atoms with E-state index in [1.165, 1.54) is 23.9 Å². The highest BCUT2D eigenvalue weighted by molar-refractivity contribution is 5.80. The molecular formula is C24H28FN7. The maximum absolute atomic E-state index is 13.4. The van der Waals surface area contributed by atoms with E-state index in [1.54, 1.807) is 12.1 Å². The van der Waals surface area contributed by atoms with Crippen LogP contribution in [-0.4, -0.2) is 34.3 Å². The van der Waals surface area contributed by atoms with Gasteiger partial charge in [-0.25, -0.2) is 9.82 Å². The van der Waals surface area contributed by atoms with Gasteiger partial charge in [-0.3, -0.25) is 0 Å². The lowest BCUT2D eigenvalue weighted by atomic mass is 10.00. The molecule has 0 amide bonds. The van der Waals surface area contributed by atoms with Crippen molar-refractivity contribution >= 4 is 29.7 Å². The lowest BCUT2D eigenvalue weighted by Crippen LogP contribution is -2.34. The summed E-state index contributed by atoms with van der Waals surface area (Å²) in [6.45, 7) is 8.21. The highest BCUT2D eigenvalue weighted by Crippen LogP contribution is 2.25. The van der Waals surface area contributed by atoms with E-state index < -0.39 is 0 Å². The van der Waals surface area contributed by atoms with Gasteiger partial charge in [0.25, 0.3) is 0 Å². The lowest BCUT2D eigenvalue weighted by Gasteiger charge is -2.30. The number of aromatic nitrogens is 3. The van der Waals surface area contributed by atoms with Crippen molar-refractivity contribution in [1.29, 1.82) is 0 Å². The molecule has 0 atom stereocenters. The number of hydrogen-bond donors (Lipinski definition) is 2. The van der Waals surface area contributed by atoms with Crippen LogP contribution in [0.25, 0.3) is 0 Å². The molecule has 166 valence electrons. The minimum absolute atomic E-state index is 0.310. The summed E-state index contributed by atoms with van der Waals surface area (Å²) in [6.07, 6.45) is 3.74. The molecule has 0 bridgehead atoms. The van der Waals surface area contributed by atoms with Crippen molar-refractivity contribution in [3.63, 3.8) is 0 Å². The monoisotopic (exact) mass is 433 g/mol. The smallest absolute Gasteiger partial charge is 0.250 e. The molecule has 0 radical (unpaired) electrons. The fraction of sp³-hybridized carbons (Fsp3) is 0.333. The number of hydrogen-bond acceptors (Lipinski definition) is 7. The molecule has 7 nitrogen and oxygen atoms in total. The van der Waals surface area contributed by atoms with Gasteiger partial charge < -0.3 is 10.2 Å². The summed E-state index contributed by atoms with van der Waals surface area (Å²) < 4.78 is 13.4. The van der Waals surface area contributed by atoms with E-state index in [1.807, 2.05) is 12.1 Å². The molecule has 32 heavy (non-hydrogen) atoms. The van der Waals surface area contributed by atoms with Crippen molar-refractivity contribution < 1.29 is 4.39 Å². The molecule has 2 heterocycles. The van der Waals surface area contributed by atoms with Crippen molar-refractivity contribution in [2.45, 2.75) is 33.6 Å². The molecule has 1 aromatic heterocycles. The Hall–Kier alpha value is -3.55. The molecule has 2 aromatic carbocycles. The molecule has 0 saturated carbocycles. The summed E-state index contributed by atoms with van der Waals surface area (Å²) in [7, 11) is 0. The number of anilines is 4. The summed E-state index contributed by atoms with van der Waals surface area (Å²) in [5.74, 6) is 1.79. The van der Waals surface area contributed by atoms with Crippen LogP contribution < -0.4 is 15.6 Å². The molecule has 8 heteroatoms. The minimum atomic E-state index is -0.310. The number of nitrogens with zero attached hydrogens (tertiary/aromatic N) is 5. The van der Waals surface area contributed by atoms with Crippen LogP contribution in [0.4, 0.5) is 27.9 Å². The van der Waals surface area contributed by atoms with Gasteiger partial charge in [0.05, 0.1) is 6.21 Å². The molecule has 1 aliphatic rings. The number of aryl methyl sites for hydroxylation is 1. The molecule has 2 N–H and O–H groups in total. The highest BCUT2D eigenvalue weighted by atomic mass is 19.1. The predicted octanol–water partition coefficient (Wildman–Crippen LogP) is 5.05. The molecule has 1 saturated heterocycles. The standard InChI is InChI=1S/C24H28FN7/c1-16-10-12-32(13-11-16)24-29-22(27-21-9-4-6-17(2)18(21)3)28-23(30-24)31-26-15-19-7-5-8-20(25)14-19/h4-9,14-16H,10-13H2,1-3H3,(H2,27,28,29,30,31). The quantitative estimate of drug-likeness (QED) is 0.418. The van der Waals surface area contributed by atoms with E-state index in [0.717, 1.165) is 37.2 Å². The number of benzene rings is 2. The van der Waals surface area contributed by atoms with Crippen LogP contribution in [0.2, 0.25) is 0 Å². The van der Waals surface area contributed by atoms with Crippen LogP contribution >= 0.6 is 0 Å². The predicted molar refractivity (Wildman–Crippen MR) is 127 cm³/mol. The van der Waals surface area contributed by atoms with Crippen LogP contribution in [0.15, 0.2) is 47.6 Å². The second-order valence-electron chi connectivity index (χ2n) is 8.25. The minimum Gasteiger partial charge on any atom is -0.341 e. The SMILES string of the molecule is Cc1cccc(Nc2nc(NN=Cc3cccc(F)c3)nc(N3CCC(C)CC3)n2)c1C. The largest absolute Gasteiger partial charge is 0.341 e. The number of halogens is 1. The molecular weight excluding hydrogens is 405 g/mol. The van der Waals surface area contributed by atoms with Gasteiger partial charge in [0.2, 0.25) is 17.8 Å². The summed E-state index contributed by atoms with van der Waals surface area (Å²) in [4.78, 5) is 15.9. The first kappa shape index (κ1) is 21.7. The number of nitrogens with one attached hydrogen (secondary N) is 2. The van der Waals surface area contributed by atoms with E-state index in [9.17, 15) is 4.39 Å². The average molecular weight is 434 g/mol. The first-order valence-corrected chi connectivity index (χ1v) is 10.9. The topological polar surface area (TPSA) is 78.3 Å². The second kappa shape index (κ2) is 9.72. The number of hydrazone groups is 1. The van der Waals surface area contributed by atoms with Gasteiger partial charge in [-0.15, -0.1) is 0 Å². The Morgan fingerprint density at radius 1 is 1.03 bits per heavy atom. The lowest BCUT2D eigenvalue weighted by molar-refractivity contribution is 0.434. The zero-order valence-corrected chi connectivity index (χ0v) is 18.6. The van der Waals surface area contributed by atoms with E-state index >= 15 is 0 Å². The van der Waals surface area contributed by atoms with Crippen LogP contribution in [0, 0.1) is 25.6 Å². The van der Waals surface area contributed by atoms with Crippen molar-refractivity contribution in [2.75, 3.05) is 28.7 Å². The third kappa shape index (κ3) is 5.38. The zero-order chi connectivity index (χ0) is 22.5. The average Bonchev–Trinajstić information content (AvgIpc) is 2.77. The molecule has 1 aliphatic heterocycles. The summed E-state index contributed by atoms with van der Waals surface area (Å²) in [5.41, 5.74) is 6.79. The Morgan fingerprint density at radius 3 is 2.56 bits per heavy atom. The van der Waals surface area contributed by atoms with Gasteiger partial charge in [0, 0.05) is 18.8 Å².